The third-order valence-electron chi connectivity index (χ3n) is 4.22. The largest absolute Gasteiger partial charge is 0.494 e. The van der Waals surface area contributed by atoms with E-state index in [9.17, 15) is 13.2 Å². The molecule has 0 aromatic heterocycles. The molecule has 0 heterocycles. The molecule has 156 valence electrons. The molecule has 8 heteroatoms. The van der Waals surface area contributed by atoms with Crippen LogP contribution in [0.25, 0.3) is 0 Å². The van der Waals surface area contributed by atoms with Crippen LogP contribution in [0.1, 0.15) is 22.8 Å². The van der Waals surface area contributed by atoms with Crippen molar-refractivity contribution in [2.75, 3.05) is 11.3 Å². The molecular formula is C22H21ClN2O4S. The molecule has 3 aromatic rings. The predicted molar refractivity (Wildman–Crippen MR) is 117 cm³/mol. The highest BCUT2D eigenvalue weighted by Gasteiger charge is 2.15. The second-order valence-electron chi connectivity index (χ2n) is 6.36. The summed E-state index contributed by atoms with van der Waals surface area (Å²) in [6.07, 6.45) is 0. The highest BCUT2D eigenvalue weighted by atomic mass is 35.5. The molecule has 0 bridgehead atoms. The number of rotatable bonds is 8. The summed E-state index contributed by atoms with van der Waals surface area (Å²) in [6.45, 7) is 2.61. The molecule has 0 aliphatic heterocycles. The molecule has 3 rings (SSSR count). The Balaban J connectivity index is 1.69. The lowest BCUT2D eigenvalue weighted by molar-refractivity contribution is 0.0951. The van der Waals surface area contributed by atoms with E-state index in [2.05, 4.69) is 10.0 Å². The molecule has 0 aliphatic rings. The summed E-state index contributed by atoms with van der Waals surface area (Å²) in [5.74, 6) is 0.255. The average molecular weight is 445 g/mol. The fourth-order valence-electron chi connectivity index (χ4n) is 2.74. The van der Waals surface area contributed by atoms with Crippen LogP contribution in [-0.4, -0.2) is 20.9 Å². The maximum absolute atomic E-state index is 12.6. The second kappa shape index (κ2) is 9.65. The van der Waals surface area contributed by atoms with Crippen molar-refractivity contribution in [1.29, 1.82) is 0 Å². The lowest BCUT2D eigenvalue weighted by Crippen LogP contribution is -2.23. The first-order chi connectivity index (χ1) is 14.4. The van der Waals surface area contributed by atoms with E-state index >= 15 is 0 Å². The third-order valence-corrected chi connectivity index (χ3v) is 5.99. The molecule has 2 N–H and O–H groups in total. The quantitative estimate of drug-likeness (QED) is 0.536. The van der Waals surface area contributed by atoms with Crippen molar-refractivity contribution in [2.24, 2.45) is 0 Å². The minimum Gasteiger partial charge on any atom is -0.494 e. The van der Waals surface area contributed by atoms with Crippen molar-refractivity contribution >= 4 is 33.2 Å². The van der Waals surface area contributed by atoms with Crippen LogP contribution in [0.15, 0.2) is 77.7 Å². The van der Waals surface area contributed by atoms with Gasteiger partial charge in [-0.2, -0.15) is 0 Å². The maximum Gasteiger partial charge on any atom is 0.261 e. The van der Waals surface area contributed by atoms with E-state index in [1.807, 2.05) is 25.1 Å². The Labute approximate surface area is 180 Å². The molecule has 0 aliphatic carbocycles. The number of nitrogens with one attached hydrogen (secondary N) is 2. The number of hydrogen-bond donors (Lipinski definition) is 2. The van der Waals surface area contributed by atoms with Crippen molar-refractivity contribution in [1.82, 2.24) is 5.32 Å². The summed E-state index contributed by atoms with van der Waals surface area (Å²) in [5, 5.41) is 3.35. The Morgan fingerprint density at radius 2 is 1.73 bits per heavy atom. The van der Waals surface area contributed by atoms with Gasteiger partial charge in [0.25, 0.3) is 15.9 Å². The topological polar surface area (TPSA) is 84.5 Å². The fraction of sp³-hybridized carbons (Fsp3) is 0.136. The molecule has 0 fully saturated rings. The van der Waals surface area contributed by atoms with E-state index in [0.29, 0.717) is 22.9 Å². The number of ether oxygens (including phenoxy) is 1. The number of halogens is 1. The number of hydrogen-bond acceptors (Lipinski definition) is 4. The number of carbonyl (C=O) groups is 1. The van der Waals surface area contributed by atoms with Crippen molar-refractivity contribution < 1.29 is 17.9 Å². The summed E-state index contributed by atoms with van der Waals surface area (Å²) in [5.41, 5.74) is 1.41. The van der Waals surface area contributed by atoms with Crippen LogP contribution >= 0.6 is 11.6 Å². The van der Waals surface area contributed by atoms with Gasteiger partial charge in [-0.15, -0.1) is 0 Å². The molecule has 0 radical (unpaired) electrons. The summed E-state index contributed by atoms with van der Waals surface area (Å²) in [7, 11) is -3.80. The van der Waals surface area contributed by atoms with Crippen LogP contribution in [0.3, 0.4) is 0 Å². The molecule has 0 saturated carbocycles. The Bertz CT molecular complexity index is 1130. The molecule has 3 aromatic carbocycles. The van der Waals surface area contributed by atoms with Crippen LogP contribution in [0.2, 0.25) is 5.02 Å². The van der Waals surface area contributed by atoms with Gasteiger partial charge in [-0.05, 0) is 61.0 Å². The summed E-state index contributed by atoms with van der Waals surface area (Å²) >= 11 is 6.10. The minimum absolute atomic E-state index is 0.0968. The number of sulfonamides is 1. The maximum atomic E-state index is 12.6. The van der Waals surface area contributed by atoms with E-state index in [4.69, 9.17) is 16.3 Å². The van der Waals surface area contributed by atoms with E-state index in [-0.39, 0.29) is 23.0 Å². The van der Waals surface area contributed by atoms with E-state index in [1.165, 1.54) is 18.2 Å². The van der Waals surface area contributed by atoms with Crippen molar-refractivity contribution in [3.63, 3.8) is 0 Å². The number of anilines is 1. The molecule has 6 nitrogen and oxygen atoms in total. The van der Waals surface area contributed by atoms with Crippen LogP contribution in [0.4, 0.5) is 5.69 Å². The van der Waals surface area contributed by atoms with Crippen molar-refractivity contribution in [3.05, 3.63) is 88.9 Å². The minimum atomic E-state index is -3.80. The van der Waals surface area contributed by atoms with Gasteiger partial charge in [0, 0.05) is 22.8 Å². The zero-order valence-electron chi connectivity index (χ0n) is 16.3. The Hall–Kier alpha value is -3.03. The zero-order chi connectivity index (χ0) is 21.6. The highest BCUT2D eigenvalue weighted by Crippen LogP contribution is 2.20. The number of amides is 1. The van der Waals surface area contributed by atoms with Gasteiger partial charge in [-0.3, -0.25) is 9.52 Å². The molecule has 0 saturated heterocycles. The van der Waals surface area contributed by atoms with E-state index in [1.54, 1.807) is 36.4 Å². The van der Waals surface area contributed by atoms with Gasteiger partial charge in [0.05, 0.1) is 11.5 Å². The van der Waals surface area contributed by atoms with Crippen LogP contribution < -0.4 is 14.8 Å². The van der Waals surface area contributed by atoms with E-state index in [0.717, 1.165) is 5.56 Å². The SMILES string of the molecule is CCOc1ccc(S(=O)(=O)Nc2cccc(C(=O)NCc3ccccc3Cl)c2)cc1. The van der Waals surface area contributed by atoms with Gasteiger partial charge in [0.15, 0.2) is 0 Å². The standard InChI is InChI=1S/C22H21ClN2O4S/c1-2-29-19-10-12-20(13-11-19)30(27,28)25-18-8-5-7-16(14-18)22(26)24-15-17-6-3-4-9-21(17)23/h3-14,25H,2,15H2,1H3,(H,24,26). The van der Waals surface area contributed by atoms with Crippen molar-refractivity contribution in [2.45, 2.75) is 18.4 Å². The number of carbonyl (C=O) groups excluding carboxylic acids is 1. The normalized spacial score (nSPS) is 11.0. The Kier molecular flexibility index (Phi) is 6.97. The molecule has 0 spiro atoms. The zero-order valence-corrected chi connectivity index (χ0v) is 17.8. The summed E-state index contributed by atoms with van der Waals surface area (Å²) in [4.78, 5) is 12.6. The fourth-order valence-corrected chi connectivity index (χ4v) is 3.99. The van der Waals surface area contributed by atoms with Gasteiger partial charge >= 0.3 is 0 Å². The first-order valence-corrected chi connectivity index (χ1v) is 11.1. The Morgan fingerprint density at radius 3 is 2.43 bits per heavy atom. The molecular weight excluding hydrogens is 424 g/mol. The monoisotopic (exact) mass is 444 g/mol. The second-order valence-corrected chi connectivity index (χ2v) is 8.45. The Morgan fingerprint density at radius 1 is 1.00 bits per heavy atom. The number of benzene rings is 3. The van der Waals surface area contributed by atoms with Gasteiger partial charge in [-0.25, -0.2) is 8.42 Å². The predicted octanol–water partition coefficient (Wildman–Crippen LogP) is 4.47. The van der Waals surface area contributed by atoms with Gasteiger partial charge in [-0.1, -0.05) is 35.9 Å². The van der Waals surface area contributed by atoms with E-state index < -0.39 is 10.0 Å². The molecule has 1 amide bonds. The average Bonchev–Trinajstić information content (AvgIpc) is 2.73. The smallest absolute Gasteiger partial charge is 0.261 e. The van der Waals surface area contributed by atoms with Crippen LogP contribution in [0.5, 0.6) is 5.75 Å². The lowest BCUT2D eigenvalue weighted by Gasteiger charge is -2.11. The first-order valence-electron chi connectivity index (χ1n) is 9.26. The molecule has 30 heavy (non-hydrogen) atoms. The highest BCUT2D eigenvalue weighted by molar-refractivity contribution is 7.92. The first kappa shape index (κ1) is 21.7. The molecule has 0 unspecified atom stereocenters. The van der Waals surface area contributed by atoms with Crippen LogP contribution in [0, 0.1) is 0 Å². The van der Waals surface area contributed by atoms with Crippen molar-refractivity contribution in [3.8, 4) is 5.75 Å². The van der Waals surface area contributed by atoms with Gasteiger partial charge in [0.1, 0.15) is 5.75 Å². The van der Waals surface area contributed by atoms with Gasteiger partial charge in [0.2, 0.25) is 0 Å². The summed E-state index contributed by atoms with van der Waals surface area (Å²) < 4.78 is 33.1. The summed E-state index contributed by atoms with van der Waals surface area (Å²) in [6, 6.07) is 19.6. The molecule has 0 atom stereocenters. The van der Waals surface area contributed by atoms with Crippen LogP contribution in [-0.2, 0) is 16.6 Å². The third kappa shape index (κ3) is 5.52. The lowest BCUT2D eigenvalue weighted by atomic mass is 10.1. The van der Waals surface area contributed by atoms with Gasteiger partial charge < -0.3 is 10.1 Å².